The number of carbonyl (C=O) groups excluding carboxylic acids is 1. The number of aryl methyl sites for hydroxylation is 1. The van der Waals surface area contributed by atoms with Gasteiger partial charge in [-0.25, -0.2) is 0 Å². The van der Waals surface area contributed by atoms with E-state index in [1.807, 2.05) is 19.9 Å². The van der Waals surface area contributed by atoms with Crippen molar-refractivity contribution in [3.8, 4) is 17.2 Å². The number of rotatable bonds is 2. The van der Waals surface area contributed by atoms with Crippen molar-refractivity contribution in [2.24, 2.45) is 11.8 Å². The molecule has 8 nitrogen and oxygen atoms in total. The lowest BCUT2D eigenvalue weighted by Crippen LogP contribution is -2.65. The highest BCUT2D eigenvalue weighted by Crippen LogP contribution is 2.72. The van der Waals surface area contributed by atoms with Gasteiger partial charge < -0.3 is 33.9 Å². The van der Waals surface area contributed by atoms with Gasteiger partial charge in [-0.1, -0.05) is 20.8 Å². The molecule has 2 bridgehead atoms. The Morgan fingerprint density at radius 2 is 1.94 bits per heavy atom. The molecule has 1 spiro atoms. The Morgan fingerprint density at radius 3 is 2.57 bits per heavy atom. The van der Waals surface area contributed by atoms with Crippen LogP contribution in [0.25, 0.3) is 10.8 Å². The number of hydrogen-bond acceptors (Lipinski definition) is 8. The van der Waals surface area contributed by atoms with E-state index >= 15 is 0 Å². The molecular formula is C27H30O8. The van der Waals surface area contributed by atoms with Gasteiger partial charge in [-0.3, -0.25) is 4.79 Å². The molecule has 186 valence electrons. The second-order valence-electron chi connectivity index (χ2n) is 11.3. The number of ether oxygens (including phenoxy) is 5. The first kappa shape index (κ1) is 21.9. The summed E-state index contributed by atoms with van der Waals surface area (Å²) < 4.78 is 31.9. The summed E-state index contributed by atoms with van der Waals surface area (Å²) in [6.45, 7) is 10.3. The molecule has 7 rings (SSSR count). The molecule has 0 amide bonds. The van der Waals surface area contributed by atoms with Gasteiger partial charge in [0.2, 0.25) is 5.79 Å². The quantitative estimate of drug-likeness (QED) is 0.622. The molecule has 4 aliphatic heterocycles. The SMILES string of the molecule is COc1c2c(c(O)c3c4c(c(C)cc13)C1OC3(C(C)C)OC1[C@@](C)(O4)[C@@]31CO1)C(=O)C(C)C[C@@H]2O. The summed E-state index contributed by atoms with van der Waals surface area (Å²) in [6, 6.07) is 1.91. The minimum Gasteiger partial charge on any atom is -0.506 e. The molecule has 2 N–H and O–H groups in total. The van der Waals surface area contributed by atoms with E-state index in [0.29, 0.717) is 34.4 Å². The molecular weight excluding hydrogens is 452 g/mol. The summed E-state index contributed by atoms with van der Waals surface area (Å²) in [4.78, 5) is 13.2. The normalized spacial score (nSPS) is 40.3. The van der Waals surface area contributed by atoms with Crippen LogP contribution >= 0.6 is 0 Å². The van der Waals surface area contributed by atoms with Gasteiger partial charge in [0, 0.05) is 28.3 Å². The topological polar surface area (TPSA) is 107 Å². The maximum absolute atomic E-state index is 13.2. The van der Waals surface area contributed by atoms with Gasteiger partial charge in [-0.2, -0.15) is 0 Å². The van der Waals surface area contributed by atoms with E-state index in [-0.39, 0.29) is 35.5 Å². The van der Waals surface area contributed by atoms with E-state index in [2.05, 4.69) is 13.8 Å². The summed E-state index contributed by atoms with van der Waals surface area (Å²) in [5.74, 6) is -0.879. The Bertz CT molecular complexity index is 1340. The van der Waals surface area contributed by atoms with Gasteiger partial charge in [-0.05, 0) is 31.9 Å². The molecule has 8 heteroatoms. The third kappa shape index (κ3) is 2.15. The number of phenolic OH excluding ortho intramolecular Hbond substituents is 1. The van der Waals surface area contributed by atoms with Crippen LogP contribution in [-0.2, 0) is 14.2 Å². The number of phenols is 1. The fourth-order valence-electron chi connectivity index (χ4n) is 7.34. The van der Waals surface area contributed by atoms with Crippen LogP contribution in [0.2, 0.25) is 0 Å². The number of methoxy groups -OCH3 is 1. The zero-order valence-electron chi connectivity index (χ0n) is 20.7. The highest BCUT2D eigenvalue weighted by atomic mass is 16.8. The van der Waals surface area contributed by atoms with Gasteiger partial charge in [0.25, 0.3) is 0 Å². The van der Waals surface area contributed by atoms with Gasteiger partial charge >= 0.3 is 0 Å². The first-order valence-corrected chi connectivity index (χ1v) is 12.3. The van der Waals surface area contributed by atoms with Gasteiger partial charge in [0.15, 0.2) is 17.0 Å². The van der Waals surface area contributed by atoms with Crippen molar-refractivity contribution in [2.45, 2.75) is 76.3 Å². The van der Waals surface area contributed by atoms with Crippen LogP contribution in [0.3, 0.4) is 0 Å². The molecule has 7 atom stereocenters. The lowest BCUT2D eigenvalue weighted by Gasteiger charge is -2.49. The zero-order chi connectivity index (χ0) is 24.8. The number of aliphatic hydroxyl groups excluding tert-OH is 1. The minimum atomic E-state index is -0.921. The summed E-state index contributed by atoms with van der Waals surface area (Å²) in [7, 11) is 1.51. The Balaban J connectivity index is 1.56. The van der Waals surface area contributed by atoms with Gasteiger partial charge in [0.1, 0.15) is 29.5 Å². The standard InChI is InChI=1S/C27H30O8/c1-10(2)27-26(9-32-26)25(5)24(35-27)23(34-27)15-11(3)7-13-16(22(15)33-25)20(30)18-17(21(13)31-6)14(28)8-12(4)19(18)29/h7,10,12,14,23-24,28,30H,8-9H2,1-6H3/t12?,14-,23?,24?,25+,26-,27?/m0/s1. The van der Waals surface area contributed by atoms with Crippen molar-refractivity contribution in [1.82, 2.24) is 0 Å². The largest absolute Gasteiger partial charge is 0.506 e. The molecule has 2 aromatic rings. The summed E-state index contributed by atoms with van der Waals surface area (Å²) >= 11 is 0. The maximum atomic E-state index is 13.2. The highest BCUT2D eigenvalue weighted by Gasteiger charge is 2.88. The van der Waals surface area contributed by atoms with Gasteiger partial charge in [-0.15, -0.1) is 0 Å². The van der Waals surface area contributed by atoms with Crippen molar-refractivity contribution in [2.75, 3.05) is 13.7 Å². The smallest absolute Gasteiger partial charge is 0.207 e. The van der Waals surface area contributed by atoms with Crippen LogP contribution < -0.4 is 9.47 Å². The second-order valence-corrected chi connectivity index (χ2v) is 11.3. The Morgan fingerprint density at radius 1 is 1.23 bits per heavy atom. The zero-order valence-corrected chi connectivity index (χ0v) is 20.7. The first-order valence-electron chi connectivity index (χ1n) is 12.3. The highest BCUT2D eigenvalue weighted by molar-refractivity contribution is 6.12. The fraction of sp³-hybridized carbons (Fsp3) is 0.593. The molecule has 3 saturated heterocycles. The number of fused-ring (bicyclic) bond motifs is 8. The molecule has 2 aromatic carbocycles. The van der Waals surface area contributed by atoms with E-state index in [4.69, 9.17) is 23.7 Å². The third-order valence-electron chi connectivity index (χ3n) is 9.15. The Labute approximate surface area is 203 Å². The van der Waals surface area contributed by atoms with E-state index < -0.39 is 35.1 Å². The minimum absolute atomic E-state index is 0.0337. The number of benzene rings is 2. The van der Waals surface area contributed by atoms with Crippen molar-refractivity contribution in [3.05, 3.63) is 28.3 Å². The number of carbonyl (C=O) groups is 1. The number of ketones is 1. The number of hydrogen-bond donors (Lipinski definition) is 2. The molecule has 3 fully saturated rings. The number of aliphatic hydroxyl groups is 1. The van der Waals surface area contributed by atoms with Crippen molar-refractivity contribution >= 4 is 16.6 Å². The van der Waals surface area contributed by atoms with Crippen LogP contribution in [0.1, 0.15) is 73.4 Å². The van der Waals surface area contributed by atoms with Crippen molar-refractivity contribution < 1.29 is 38.7 Å². The predicted octanol–water partition coefficient (Wildman–Crippen LogP) is 3.86. The maximum Gasteiger partial charge on any atom is 0.207 e. The third-order valence-corrected chi connectivity index (χ3v) is 9.15. The van der Waals surface area contributed by atoms with Gasteiger partial charge in [0.05, 0.1) is 30.8 Å². The van der Waals surface area contributed by atoms with Crippen molar-refractivity contribution in [3.63, 3.8) is 0 Å². The average molecular weight is 483 g/mol. The lowest BCUT2D eigenvalue weighted by atomic mass is 9.71. The van der Waals surface area contributed by atoms with Crippen LogP contribution in [0.5, 0.6) is 17.2 Å². The molecule has 1 aliphatic carbocycles. The van der Waals surface area contributed by atoms with E-state index in [0.717, 1.165) is 11.1 Å². The number of epoxide rings is 1. The molecule has 4 heterocycles. The molecule has 4 unspecified atom stereocenters. The van der Waals surface area contributed by atoms with Crippen LogP contribution in [0, 0.1) is 18.8 Å². The van der Waals surface area contributed by atoms with E-state index in [1.54, 1.807) is 6.92 Å². The van der Waals surface area contributed by atoms with Crippen LogP contribution in [-0.4, -0.2) is 52.8 Å². The summed E-state index contributed by atoms with van der Waals surface area (Å²) in [6.07, 6.45) is -1.43. The number of aromatic hydroxyl groups is 1. The van der Waals surface area contributed by atoms with Crippen molar-refractivity contribution in [1.29, 1.82) is 0 Å². The Kier molecular flexibility index (Phi) is 3.93. The van der Waals surface area contributed by atoms with Crippen LogP contribution in [0.15, 0.2) is 6.07 Å². The summed E-state index contributed by atoms with van der Waals surface area (Å²) in [5, 5.41) is 23.5. The van der Waals surface area contributed by atoms with E-state index in [9.17, 15) is 15.0 Å². The Hall–Kier alpha value is -2.39. The monoisotopic (exact) mass is 482 g/mol. The second kappa shape index (κ2) is 6.29. The molecule has 0 aromatic heterocycles. The molecule has 0 radical (unpaired) electrons. The summed E-state index contributed by atoms with van der Waals surface area (Å²) in [5.41, 5.74) is 0.534. The number of Topliss-reactive ketones (excluding diaryl/α,β-unsaturated/α-hetero) is 1. The molecule has 0 saturated carbocycles. The van der Waals surface area contributed by atoms with Crippen LogP contribution in [0.4, 0.5) is 0 Å². The predicted molar refractivity (Wildman–Crippen MR) is 124 cm³/mol. The molecule has 35 heavy (non-hydrogen) atoms. The van der Waals surface area contributed by atoms with E-state index in [1.165, 1.54) is 7.11 Å². The fourth-order valence-corrected chi connectivity index (χ4v) is 7.34. The molecule has 5 aliphatic rings. The lowest BCUT2D eigenvalue weighted by molar-refractivity contribution is -0.242. The first-order chi connectivity index (χ1) is 16.5. The average Bonchev–Trinajstić information content (AvgIpc) is 3.46.